The SMILES string of the molecule is CCCCCC(C)NS(=O)(=O)c1ccc(F)c(CNC)c1. The lowest BCUT2D eigenvalue weighted by molar-refractivity contribution is 0.526. The molecule has 21 heavy (non-hydrogen) atoms. The maximum absolute atomic E-state index is 13.6. The third-order valence-corrected chi connectivity index (χ3v) is 4.88. The van der Waals surface area contributed by atoms with E-state index in [0.29, 0.717) is 12.1 Å². The van der Waals surface area contributed by atoms with Crippen molar-refractivity contribution in [3.63, 3.8) is 0 Å². The first-order valence-corrected chi connectivity index (χ1v) is 8.84. The van der Waals surface area contributed by atoms with E-state index in [2.05, 4.69) is 17.0 Å². The van der Waals surface area contributed by atoms with Gasteiger partial charge in [-0.1, -0.05) is 26.2 Å². The van der Waals surface area contributed by atoms with E-state index in [1.54, 1.807) is 7.05 Å². The quantitative estimate of drug-likeness (QED) is 0.689. The second-order valence-electron chi connectivity index (χ2n) is 5.30. The van der Waals surface area contributed by atoms with Crippen LogP contribution in [-0.4, -0.2) is 21.5 Å². The fraction of sp³-hybridized carbons (Fsp3) is 0.600. The Morgan fingerprint density at radius 1 is 1.29 bits per heavy atom. The van der Waals surface area contributed by atoms with Gasteiger partial charge in [0.15, 0.2) is 0 Å². The molecule has 1 atom stereocenters. The number of benzene rings is 1. The molecule has 0 aliphatic heterocycles. The highest BCUT2D eigenvalue weighted by Gasteiger charge is 2.18. The number of nitrogens with one attached hydrogen (secondary N) is 2. The van der Waals surface area contributed by atoms with E-state index in [4.69, 9.17) is 0 Å². The average Bonchev–Trinajstić information content (AvgIpc) is 2.41. The van der Waals surface area contributed by atoms with Gasteiger partial charge in [0.25, 0.3) is 0 Å². The number of hydrogen-bond acceptors (Lipinski definition) is 3. The zero-order chi connectivity index (χ0) is 15.9. The van der Waals surface area contributed by atoms with Crippen LogP contribution < -0.4 is 10.0 Å². The van der Waals surface area contributed by atoms with Crippen molar-refractivity contribution in [2.24, 2.45) is 0 Å². The highest BCUT2D eigenvalue weighted by molar-refractivity contribution is 7.89. The molecule has 4 nitrogen and oxygen atoms in total. The molecule has 0 saturated heterocycles. The van der Waals surface area contributed by atoms with Gasteiger partial charge in [-0.25, -0.2) is 17.5 Å². The minimum Gasteiger partial charge on any atom is -0.316 e. The summed E-state index contributed by atoms with van der Waals surface area (Å²) in [5, 5.41) is 2.82. The molecule has 0 heterocycles. The van der Waals surface area contributed by atoms with Crippen molar-refractivity contribution in [2.75, 3.05) is 7.05 Å². The first-order valence-electron chi connectivity index (χ1n) is 7.36. The zero-order valence-corrected chi connectivity index (χ0v) is 13.8. The van der Waals surface area contributed by atoms with Crippen LogP contribution in [0.1, 0.15) is 45.1 Å². The summed E-state index contributed by atoms with van der Waals surface area (Å²) in [5.41, 5.74) is 0.346. The third kappa shape index (κ3) is 5.73. The first kappa shape index (κ1) is 18.1. The monoisotopic (exact) mass is 316 g/mol. The lowest BCUT2D eigenvalue weighted by atomic mass is 10.1. The minimum atomic E-state index is -3.60. The predicted molar refractivity (Wildman–Crippen MR) is 83.1 cm³/mol. The largest absolute Gasteiger partial charge is 0.316 e. The standard InChI is InChI=1S/C15H25FN2O2S/c1-4-5-6-7-12(2)18-21(19,20)14-8-9-15(16)13(10-14)11-17-3/h8-10,12,17-18H,4-7,11H2,1-3H3. The minimum absolute atomic E-state index is 0.108. The van der Waals surface area contributed by atoms with Crippen molar-refractivity contribution in [3.8, 4) is 0 Å². The van der Waals surface area contributed by atoms with E-state index in [9.17, 15) is 12.8 Å². The second-order valence-corrected chi connectivity index (χ2v) is 7.02. The molecule has 0 amide bonds. The molecule has 1 rings (SSSR count). The zero-order valence-electron chi connectivity index (χ0n) is 12.9. The number of unbranched alkanes of at least 4 members (excludes halogenated alkanes) is 2. The molecule has 0 bridgehead atoms. The summed E-state index contributed by atoms with van der Waals surface area (Å²) in [5.74, 6) is -0.403. The third-order valence-electron chi connectivity index (χ3n) is 3.29. The molecule has 0 fully saturated rings. The van der Waals surface area contributed by atoms with Crippen LogP contribution in [0.2, 0.25) is 0 Å². The van der Waals surface area contributed by atoms with Crippen LogP contribution in [0.4, 0.5) is 4.39 Å². The Labute approximate surface area is 127 Å². The molecule has 6 heteroatoms. The van der Waals surface area contributed by atoms with E-state index >= 15 is 0 Å². The van der Waals surface area contributed by atoms with Crippen LogP contribution in [0.3, 0.4) is 0 Å². The molecule has 2 N–H and O–H groups in total. The fourth-order valence-electron chi connectivity index (χ4n) is 2.14. The van der Waals surface area contributed by atoms with Gasteiger partial charge in [0.1, 0.15) is 5.82 Å². The van der Waals surface area contributed by atoms with Crippen LogP contribution in [-0.2, 0) is 16.6 Å². The summed E-state index contributed by atoms with van der Waals surface area (Å²) in [4.78, 5) is 0.108. The molecule has 0 aromatic heterocycles. The summed E-state index contributed by atoms with van der Waals surface area (Å²) in [7, 11) is -1.91. The molecule has 120 valence electrons. The molecular weight excluding hydrogens is 291 g/mol. The number of sulfonamides is 1. The van der Waals surface area contributed by atoms with Crippen molar-refractivity contribution in [3.05, 3.63) is 29.6 Å². The van der Waals surface area contributed by atoms with Crippen LogP contribution in [0.25, 0.3) is 0 Å². The maximum atomic E-state index is 13.6. The highest BCUT2D eigenvalue weighted by Crippen LogP contribution is 2.16. The first-order chi connectivity index (χ1) is 9.90. The lowest BCUT2D eigenvalue weighted by Gasteiger charge is -2.15. The van der Waals surface area contributed by atoms with E-state index in [0.717, 1.165) is 25.7 Å². The molecule has 0 aliphatic rings. The van der Waals surface area contributed by atoms with Crippen LogP contribution in [0.5, 0.6) is 0 Å². The van der Waals surface area contributed by atoms with Gasteiger partial charge < -0.3 is 5.32 Å². The molecule has 1 aromatic rings. The van der Waals surface area contributed by atoms with Crippen molar-refractivity contribution in [2.45, 2.75) is 57.0 Å². The van der Waals surface area contributed by atoms with Crippen molar-refractivity contribution in [1.82, 2.24) is 10.0 Å². The molecular formula is C15H25FN2O2S. The van der Waals surface area contributed by atoms with Crippen molar-refractivity contribution in [1.29, 1.82) is 0 Å². The topological polar surface area (TPSA) is 58.2 Å². The number of halogens is 1. The molecule has 0 spiro atoms. The average molecular weight is 316 g/mol. The molecule has 0 aliphatic carbocycles. The molecule has 0 radical (unpaired) electrons. The van der Waals surface area contributed by atoms with E-state index in [1.807, 2.05) is 6.92 Å². The van der Waals surface area contributed by atoms with Gasteiger partial charge >= 0.3 is 0 Å². The van der Waals surface area contributed by atoms with E-state index in [1.165, 1.54) is 18.2 Å². The van der Waals surface area contributed by atoms with Gasteiger partial charge in [-0.05, 0) is 38.6 Å². The second kappa shape index (κ2) is 8.46. The summed E-state index contributed by atoms with van der Waals surface area (Å²) in [6, 6.07) is 3.75. The van der Waals surface area contributed by atoms with Gasteiger partial charge in [0.2, 0.25) is 10.0 Å². The Morgan fingerprint density at radius 3 is 2.62 bits per heavy atom. The smallest absolute Gasteiger partial charge is 0.240 e. The van der Waals surface area contributed by atoms with Crippen molar-refractivity contribution < 1.29 is 12.8 Å². The van der Waals surface area contributed by atoms with Gasteiger partial charge in [0, 0.05) is 18.2 Å². The lowest BCUT2D eigenvalue weighted by Crippen LogP contribution is -2.32. The number of hydrogen-bond donors (Lipinski definition) is 2. The Morgan fingerprint density at radius 2 is 2.00 bits per heavy atom. The van der Waals surface area contributed by atoms with Crippen LogP contribution in [0.15, 0.2) is 23.1 Å². The van der Waals surface area contributed by atoms with E-state index < -0.39 is 15.8 Å². The Balaban J connectivity index is 2.80. The van der Waals surface area contributed by atoms with Crippen LogP contribution >= 0.6 is 0 Å². The molecule has 1 aromatic carbocycles. The predicted octanol–water partition coefficient (Wildman–Crippen LogP) is 2.79. The molecule has 1 unspecified atom stereocenters. The summed E-state index contributed by atoms with van der Waals surface area (Å²) < 4.78 is 40.8. The Bertz CT molecular complexity index is 547. The Hall–Kier alpha value is -0.980. The van der Waals surface area contributed by atoms with Gasteiger partial charge in [-0.15, -0.1) is 0 Å². The van der Waals surface area contributed by atoms with Gasteiger partial charge in [-0.2, -0.15) is 0 Å². The highest BCUT2D eigenvalue weighted by atomic mass is 32.2. The van der Waals surface area contributed by atoms with E-state index in [-0.39, 0.29) is 10.9 Å². The summed E-state index contributed by atoms with van der Waals surface area (Å²) in [6.45, 7) is 4.25. The number of rotatable bonds is 9. The normalized spacial score (nSPS) is 13.3. The molecule has 0 saturated carbocycles. The van der Waals surface area contributed by atoms with Crippen molar-refractivity contribution >= 4 is 10.0 Å². The fourth-order valence-corrected chi connectivity index (χ4v) is 3.46. The van der Waals surface area contributed by atoms with Gasteiger partial charge in [0.05, 0.1) is 4.90 Å². The van der Waals surface area contributed by atoms with Crippen LogP contribution in [0, 0.1) is 5.82 Å². The maximum Gasteiger partial charge on any atom is 0.240 e. The summed E-state index contributed by atoms with van der Waals surface area (Å²) >= 11 is 0. The summed E-state index contributed by atoms with van der Waals surface area (Å²) in [6.07, 6.45) is 3.99. The van der Waals surface area contributed by atoms with Gasteiger partial charge in [-0.3, -0.25) is 0 Å². The Kier molecular flexibility index (Phi) is 7.28.